The van der Waals surface area contributed by atoms with E-state index in [1.165, 1.54) is 24.3 Å². The fourth-order valence-corrected chi connectivity index (χ4v) is 2.75. The molecule has 2 rings (SSSR count). The van der Waals surface area contributed by atoms with Crippen LogP contribution in [0, 0.1) is 5.82 Å². The molecule has 0 spiro atoms. The third-order valence-corrected chi connectivity index (χ3v) is 4.17. The molecular weight excluding hydrogens is 418 g/mol. The van der Waals surface area contributed by atoms with E-state index >= 15 is 0 Å². The summed E-state index contributed by atoms with van der Waals surface area (Å²) in [4.78, 5) is 0. The van der Waals surface area contributed by atoms with Crippen LogP contribution in [-0.2, 0) is 6.18 Å². The molecule has 2 N–H and O–H groups in total. The summed E-state index contributed by atoms with van der Waals surface area (Å²) >= 11 is 6.34. The van der Waals surface area contributed by atoms with Crippen LogP contribution in [0.3, 0.4) is 0 Å². The molecule has 0 aliphatic rings. The molecule has 0 fully saturated rings. The minimum absolute atomic E-state index is 0.115. The lowest BCUT2D eigenvalue weighted by atomic mass is 9.97. The molecule has 0 aliphatic heterocycles. The van der Waals surface area contributed by atoms with Crippen LogP contribution in [0.2, 0.25) is 0 Å². The van der Waals surface area contributed by atoms with Gasteiger partial charge < -0.3 is 5.73 Å². The van der Waals surface area contributed by atoms with Gasteiger partial charge in [-0.15, -0.1) is 0 Å². The second kappa shape index (κ2) is 6.06. The fraction of sp³-hybridized carbons (Fsp3) is 0.143. The van der Waals surface area contributed by atoms with Crippen LogP contribution in [0.5, 0.6) is 0 Å². The van der Waals surface area contributed by atoms with Crippen molar-refractivity contribution in [2.24, 2.45) is 5.73 Å². The van der Waals surface area contributed by atoms with E-state index < -0.39 is 23.6 Å². The second-order valence-electron chi connectivity index (χ2n) is 4.38. The third-order valence-electron chi connectivity index (χ3n) is 2.95. The molecule has 0 radical (unpaired) electrons. The summed E-state index contributed by atoms with van der Waals surface area (Å²) in [5, 5.41) is 0. The van der Waals surface area contributed by atoms with E-state index in [-0.39, 0.29) is 11.1 Å². The van der Waals surface area contributed by atoms with E-state index in [1.807, 2.05) is 0 Å². The number of hydrogen-bond donors (Lipinski definition) is 1. The highest BCUT2D eigenvalue weighted by atomic mass is 79.9. The minimum atomic E-state index is -4.48. The number of alkyl halides is 3. The normalized spacial score (nSPS) is 13.3. The molecule has 1 nitrogen and oxygen atoms in total. The Morgan fingerprint density at radius 2 is 1.62 bits per heavy atom. The van der Waals surface area contributed by atoms with Crippen molar-refractivity contribution >= 4 is 31.9 Å². The summed E-state index contributed by atoms with van der Waals surface area (Å²) in [7, 11) is 0. The van der Waals surface area contributed by atoms with Crippen molar-refractivity contribution in [3.8, 4) is 0 Å². The van der Waals surface area contributed by atoms with Crippen molar-refractivity contribution in [1.29, 1.82) is 0 Å². The van der Waals surface area contributed by atoms with Gasteiger partial charge in [0, 0.05) is 14.5 Å². The van der Waals surface area contributed by atoms with Gasteiger partial charge in [-0.25, -0.2) is 4.39 Å². The Labute approximate surface area is 135 Å². The van der Waals surface area contributed by atoms with Gasteiger partial charge in [0.25, 0.3) is 0 Å². The Morgan fingerprint density at radius 3 is 2.24 bits per heavy atom. The zero-order valence-corrected chi connectivity index (χ0v) is 13.6. The first-order valence-corrected chi connectivity index (χ1v) is 7.36. The van der Waals surface area contributed by atoms with Crippen LogP contribution >= 0.6 is 31.9 Å². The number of hydrogen-bond acceptors (Lipinski definition) is 1. The summed E-state index contributed by atoms with van der Waals surface area (Å²) in [6.07, 6.45) is -4.48. The second-order valence-corrected chi connectivity index (χ2v) is 6.15. The molecule has 0 heterocycles. The van der Waals surface area contributed by atoms with Crippen LogP contribution in [0.1, 0.15) is 22.7 Å². The zero-order chi connectivity index (χ0) is 15.8. The van der Waals surface area contributed by atoms with Gasteiger partial charge in [-0.1, -0.05) is 31.9 Å². The molecule has 0 saturated heterocycles. The molecule has 2 aromatic carbocycles. The summed E-state index contributed by atoms with van der Waals surface area (Å²) in [5.74, 6) is -0.574. The monoisotopic (exact) mass is 425 g/mol. The Balaban J connectivity index is 2.52. The average Bonchev–Trinajstić information content (AvgIpc) is 2.40. The van der Waals surface area contributed by atoms with E-state index in [1.54, 1.807) is 0 Å². The first kappa shape index (κ1) is 16.5. The third kappa shape index (κ3) is 3.64. The summed E-state index contributed by atoms with van der Waals surface area (Å²) < 4.78 is 53.1. The zero-order valence-electron chi connectivity index (χ0n) is 10.4. The van der Waals surface area contributed by atoms with Crippen molar-refractivity contribution in [2.75, 3.05) is 0 Å². The quantitative estimate of drug-likeness (QED) is 0.637. The maximum atomic E-state index is 13.8. The number of rotatable bonds is 2. The number of benzene rings is 2. The van der Waals surface area contributed by atoms with Crippen molar-refractivity contribution in [1.82, 2.24) is 0 Å². The largest absolute Gasteiger partial charge is 0.416 e. The maximum Gasteiger partial charge on any atom is 0.416 e. The van der Waals surface area contributed by atoms with Gasteiger partial charge in [0.1, 0.15) is 5.82 Å². The number of nitrogens with two attached hydrogens (primary N) is 1. The summed E-state index contributed by atoms with van der Waals surface area (Å²) in [6.45, 7) is 0. The van der Waals surface area contributed by atoms with Crippen LogP contribution in [0.25, 0.3) is 0 Å². The van der Waals surface area contributed by atoms with E-state index in [0.29, 0.717) is 8.95 Å². The van der Waals surface area contributed by atoms with E-state index in [2.05, 4.69) is 31.9 Å². The highest BCUT2D eigenvalue weighted by Crippen LogP contribution is 2.35. The predicted octanol–water partition coefficient (Wildman–Crippen LogP) is 5.42. The first-order chi connectivity index (χ1) is 9.70. The van der Waals surface area contributed by atoms with Gasteiger partial charge in [0.2, 0.25) is 0 Å². The Hall–Kier alpha value is -0.920. The molecule has 0 aliphatic carbocycles. The van der Waals surface area contributed by atoms with Gasteiger partial charge in [-0.3, -0.25) is 0 Å². The van der Waals surface area contributed by atoms with Gasteiger partial charge >= 0.3 is 6.18 Å². The standard InChI is InChI=1S/C14H9Br2F4N/c15-8-2-4-12(17)10(6-8)13(21)9-5-7(14(18,19)20)1-3-11(9)16/h1-6,13H,21H2. The highest BCUT2D eigenvalue weighted by Gasteiger charge is 2.31. The van der Waals surface area contributed by atoms with Crippen molar-refractivity contribution in [2.45, 2.75) is 12.2 Å². The lowest BCUT2D eigenvalue weighted by Gasteiger charge is -2.17. The number of halogens is 6. The Kier molecular flexibility index (Phi) is 4.75. The van der Waals surface area contributed by atoms with Crippen LogP contribution in [0.4, 0.5) is 17.6 Å². The topological polar surface area (TPSA) is 26.0 Å². The van der Waals surface area contributed by atoms with Gasteiger partial charge in [0.05, 0.1) is 11.6 Å². The molecule has 0 aromatic heterocycles. The molecular formula is C14H9Br2F4N. The Bertz CT molecular complexity index is 671. The van der Waals surface area contributed by atoms with E-state index in [4.69, 9.17) is 5.73 Å². The average molecular weight is 427 g/mol. The van der Waals surface area contributed by atoms with Crippen LogP contribution < -0.4 is 5.73 Å². The fourth-order valence-electron chi connectivity index (χ4n) is 1.88. The highest BCUT2D eigenvalue weighted by molar-refractivity contribution is 9.10. The van der Waals surface area contributed by atoms with Crippen molar-refractivity contribution in [3.05, 3.63) is 67.9 Å². The van der Waals surface area contributed by atoms with Crippen molar-refractivity contribution < 1.29 is 17.6 Å². The molecule has 0 bridgehead atoms. The maximum absolute atomic E-state index is 13.8. The van der Waals surface area contributed by atoms with E-state index in [9.17, 15) is 17.6 Å². The molecule has 0 amide bonds. The molecule has 7 heteroatoms. The molecule has 2 aromatic rings. The lowest BCUT2D eigenvalue weighted by molar-refractivity contribution is -0.137. The lowest BCUT2D eigenvalue weighted by Crippen LogP contribution is -2.16. The smallest absolute Gasteiger partial charge is 0.320 e. The predicted molar refractivity (Wildman–Crippen MR) is 79.3 cm³/mol. The van der Waals surface area contributed by atoms with Crippen LogP contribution in [0.15, 0.2) is 45.3 Å². The van der Waals surface area contributed by atoms with Crippen LogP contribution in [-0.4, -0.2) is 0 Å². The summed E-state index contributed by atoms with van der Waals surface area (Å²) in [6, 6.07) is 6.26. The van der Waals surface area contributed by atoms with Crippen molar-refractivity contribution in [3.63, 3.8) is 0 Å². The minimum Gasteiger partial charge on any atom is -0.320 e. The molecule has 112 valence electrons. The Morgan fingerprint density at radius 1 is 0.952 bits per heavy atom. The van der Waals surface area contributed by atoms with E-state index in [0.717, 1.165) is 12.1 Å². The first-order valence-electron chi connectivity index (χ1n) is 5.77. The molecule has 0 saturated carbocycles. The molecule has 21 heavy (non-hydrogen) atoms. The van der Waals surface area contributed by atoms with Gasteiger partial charge in [0.15, 0.2) is 0 Å². The molecule has 1 atom stereocenters. The SMILES string of the molecule is NC(c1cc(Br)ccc1F)c1cc(C(F)(F)F)ccc1Br. The van der Waals surface area contributed by atoms with Gasteiger partial charge in [-0.05, 0) is 42.0 Å². The molecule has 1 unspecified atom stereocenters. The van der Waals surface area contributed by atoms with Gasteiger partial charge in [-0.2, -0.15) is 13.2 Å². The summed E-state index contributed by atoms with van der Waals surface area (Å²) in [5.41, 5.74) is 5.40.